The van der Waals surface area contributed by atoms with Gasteiger partial charge >= 0.3 is 6.03 Å². The van der Waals surface area contributed by atoms with Gasteiger partial charge in [-0.1, -0.05) is 12.1 Å². The maximum absolute atomic E-state index is 13.8. The van der Waals surface area contributed by atoms with Crippen molar-refractivity contribution in [2.75, 3.05) is 54.5 Å². The number of amides is 3. The van der Waals surface area contributed by atoms with Gasteiger partial charge in [0.05, 0.1) is 24.6 Å². The van der Waals surface area contributed by atoms with Crippen molar-refractivity contribution in [2.24, 2.45) is 7.05 Å². The molecule has 3 amide bonds. The fourth-order valence-electron chi connectivity index (χ4n) is 5.49. The Morgan fingerprint density at radius 3 is 2.30 bits per heavy atom. The lowest BCUT2D eigenvalue weighted by atomic mass is 10.0. The average Bonchev–Trinajstić information content (AvgIpc) is 3.40. The lowest BCUT2D eigenvalue weighted by Crippen LogP contribution is -2.40. The van der Waals surface area contributed by atoms with Gasteiger partial charge in [-0.05, 0) is 55.0 Å². The number of halogens is 2. The zero-order valence-electron chi connectivity index (χ0n) is 24.2. The number of nitrogens with one attached hydrogen (secondary N) is 1. The van der Waals surface area contributed by atoms with E-state index < -0.39 is 17.7 Å². The van der Waals surface area contributed by atoms with Crippen LogP contribution in [-0.2, 0) is 11.8 Å². The Labute approximate surface area is 252 Å². The van der Waals surface area contributed by atoms with Gasteiger partial charge in [0.2, 0.25) is 0 Å². The molecule has 12 heteroatoms. The molecule has 2 saturated heterocycles. The van der Waals surface area contributed by atoms with E-state index in [0.717, 1.165) is 23.8 Å². The first-order valence-corrected chi connectivity index (χ1v) is 14.2. The van der Waals surface area contributed by atoms with Crippen LogP contribution in [0.25, 0.3) is 11.3 Å². The Morgan fingerprint density at radius 1 is 0.909 bits per heavy atom. The second-order valence-electron chi connectivity index (χ2n) is 10.7. The smallest absolute Gasteiger partial charge is 0.329 e. The first-order chi connectivity index (χ1) is 21.2. The number of hydrogen-bond donors (Lipinski definition) is 1. The predicted octanol–water partition coefficient (Wildman–Crippen LogP) is 4.70. The van der Waals surface area contributed by atoms with Crippen LogP contribution in [0.5, 0.6) is 0 Å². The van der Waals surface area contributed by atoms with Crippen LogP contribution >= 0.6 is 0 Å². The molecule has 10 nitrogen and oxygen atoms in total. The summed E-state index contributed by atoms with van der Waals surface area (Å²) in [6.07, 6.45) is 1.62. The third-order valence-electron chi connectivity index (χ3n) is 7.80. The minimum Gasteiger partial charge on any atom is -0.378 e. The highest BCUT2D eigenvalue weighted by atomic mass is 19.1. The van der Waals surface area contributed by atoms with Crippen LogP contribution in [0.4, 0.5) is 36.5 Å². The molecule has 0 unspecified atom stereocenters. The van der Waals surface area contributed by atoms with E-state index in [1.165, 1.54) is 9.47 Å². The quantitative estimate of drug-likeness (QED) is 0.345. The summed E-state index contributed by atoms with van der Waals surface area (Å²) < 4.78 is 34.4. The molecule has 44 heavy (non-hydrogen) atoms. The highest BCUT2D eigenvalue weighted by molar-refractivity contribution is 6.07. The zero-order valence-corrected chi connectivity index (χ0v) is 24.2. The normalized spacial score (nSPS) is 15.2. The Bertz CT molecular complexity index is 1780. The lowest BCUT2D eigenvalue weighted by molar-refractivity contribution is 0.0303. The van der Waals surface area contributed by atoms with Gasteiger partial charge in [-0.15, -0.1) is 0 Å². The molecule has 0 bridgehead atoms. The standard InChI is InChI=1S/C32H30F2N6O4/c1-20-26(4-3-5-28(20)40-11-10-39(32(40)43)25-17-22(33)16-23(34)18-25)27-19-37(2)31(42)29(36-27)35-24-8-6-21(7-9-24)30(41)38-12-14-44-15-13-38/h3-9,16-19H,10-15H2,1-2H3,(H,35,36). The second-order valence-corrected chi connectivity index (χ2v) is 10.7. The number of carbonyl (C=O) groups is 2. The largest absolute Gasteiger partial charge is 0.378 e. The fourth-order valence-corrected chi connectivity index (χ4v) is 5.49. The number of anilines is 4. The number of carbonyl (C=O) groups excluding carboxylic acids is 2. The number of benzene rings is 3. The summed E-state index contributed by atoms with van der Waals surface area (Å²) in [7, 11) is 1.63. The average molecular weight is 601 g/mol. The van der Waals surface area contributed by atoms with E-state index in [-0.39, 0.29) is 29.5 Å². The van der Waals surface area contributed by atoms with Gasteiger partial charge in [0.15, 0.2) is 5.82 Å². The number of ether oxygens (including phenoxy) is 1. The molecule has 1 N–H and O–H groups in total. The van der Waals surface area contributed by atoms with Crippen LogP contribution in [0.3, 0.4) is 0 Å². The van der Waals surface area contributed by atoms with Crippen molar-refractivity contribution in [2.45, 2.75) is 6.92 Å². The molecule has 4 aromatic rings. The molecule has 2 aliphatic rings. The summed E-state index contributed by atoms with van der Waals surface area (Å²) in [5, 5.41) is 3.08. The molecule has 0 aliphatic carbocycles. The topological polar surface area (TPSA) is 100 Å². The molecule has 2 fully saturated rings. The number of aryl methyl sites for hydroxylation is 1. The van der Waals surface area contributed by atoms with E-state index in [9.17, 15) is 23.2 Å². The monoisotopic (exact) mass is 600 g/mol. The molecule has 3 heterocycles. The number of morpholine rings is 1. The van der Waals surface area contributed by atoms with Crippen molar-refractivity contribution in [1.29, 1.82) is 0 Å². The summed E-state index contributed by atoms with van der Waals surface area (Å²) in [4.78, 5) is 48.4. The Balaban J connectivity index is 1.25. The fraction of sp³-hybridized carbons (Fsp3) is 0.250. The van der Waals surface area contributed by atoms with Crippen molar-refractivity contribution < 1.29 is 23.1 Å². The molecular weight excluding hydrogens is 570 g/mol. The number of hydrogen-bond acceptors (Lipinski definition) is 6. The first kappa shape index (κ1) is 29.0. The number of urea groups is 1. The van der Waals surface area contributed by atoms with Crippen LogP contribution in [-0.4, -0.2) is 65.8 Å². The van der Waals surface area contributed by atoms with Gasteiger partial charge in [0.1, 0.15) is 11.6 Å². The van der Waals surface area contributed by atoms with E-state index in [1.54, 1.807) is 59.4 Å². The van der Waals surface area contributed by atoms with Crippen molar-refractivity contribution in [3.63, 3.8) is 0 Å². The van der Waals surface area contributed by atoms with Crippen LogP contribution in [0.2, 0.25) is 0 Å². The van der Waals surface area contributed by atoms with Gasteiger partial charge < -0.3 is 19.5 Å². The third-order valence-corrected chi connectivity index (χ3v) is 7.80. The highest BCUT2D eigenvalue weighted by Crippen LogP contribution is 2.33. The van der Waals surface area contributed by atoms with Gasteiger partial charge in [-0.3, -0.25) is 19.4 Å². The van der Waals surface area contributed by atoms with Crippen molar-refractivity contribution in [3.8, 4) is 11.3 Å². The summed E-state index contributed by atoms with van der Waals surface area (Å²) in [6.45, 7) is 4.55. The summed E-state index contributed by atoms with van der Waals surface area (Å²) in [5.41, 5.74) is 3.51. The minimum absolute atomic E-state index is 0.0751. The lowest BCUT2D eigenvalue weighted by Gasteiger charge is -2.26. The van der Waals surface area contributed by atoms with Crippen LogP contribution in [0, 0.1) is 18.6 Å². The first-order valence-electron chi connectivity index (χ1n) is 14.2. The maximum Gasteiger partial charge on any atom is 0.329 e. The molecule has 226 valence electrons. The van der Waals surface area contributed by atoms with Crippen molar-refractivity contribution >= 4 is 34.8 Å². The number of aromatic nitrogens is 2. The van der Waals surface area contributed by atoms with Gasteiger partial charge in [0.25, 0.3) is 11.5 Å². The van der Waals surface area contributed by atoms with Crippen molar-refractivity contribution in [1.82, 2.24) is 14.5 Å². The Hall–Kier alpha value is -5.10. The zero-order chi connectivity index (χ0) is 31.0. The van der Waals surface area contributed by atoms with E-state index in [1.807, 2.05) is 13.0 Å². The molecule has 1 aromatic heterocycles. The van der Waals surface area contributed by atoms with E-state index in [4.69, 9.17) is 4.74 Å². The van der Waals surface area contributed by atoms with E-state index in [2.05, 4.69) is 10.3 Å². The van der Waals surface area contributed by atoms with Crippen LogP contribution < -0.4 is 20.7 Å². The Kier molecular flexibility index (Phi) is 7.83. The maximum atomic E-state index is 13.8. The second kappa shape index (κ2) is 11.9. The molecular formula is C32H30F2N6O4. The minimum atomic E-state index is -0.757. The summed E-state index contributed by atoms with van der Waals surface area (Å²) in [5.74, 6) is -1.49. The van der Waals surface area contributed by atoms with E-state index >= 15 is 0 Å². The summed E-state index contributed by atoms with van der Waals surface area (Å²) in [6, 6.07) is 14.9. The van der Waals surface area contributed by atoms with Gasteiger partial charge in [0, 0.05) is 68.0 Å². The van der Waals surface area contributed by atoms with Crippen LogP contribution in [0.1, 0.15) is 15.9 Å². The van der Waals surface area contributed by atoms with Crippen molar-refractivity contribution in [3.05, 3.63) is 100.0 Å². The molecule has 3 aromatic carbocycles. The predicted molar refractivity (Wildman–Crippen MR) is 163 cm³/mol. The third kappa shape index (κ3) is 5.63. The van der Waals surface area contributed by atoms with Gasteiger partial charge in [-0.2, -0.15) is 0 Å². The number of rotatable bonds is 6. The molecule has 0 spiro atoms. The molecule has 0 atom stereocenters. The van der Waals surface area contributed by atoms with Gasteiger partial charge in [-0.25, -0.2) is 18.6 Å². The van der Waals surface area contributed by atoms with E-state index in [0.29, 0.717) is 61.0 Å². The SMILES string of the molecule is Cc1c(-c2cn(C)c(=O)c(Nc3ccc(C(=O)N4CCOCC4)cc3)n2)cccc1N1CCN(c2cc(F)cc(F)c2)C1=O. The highest BCUT2D eigenvalue weighted by Gasteiger charge is 2.32. The number of nitrogens with zero attached hydrogens (tertiary/aromatic N) is 5. The summed E-state index contributed by atoms with van der Waals surface area (Å²) >= 11 is 0. The Morgan fingerprint density at radius 2 is 1.59 bits per heavy atom. The molecule has 6 rings (SSSR count). The molecule has 2 aliphatic heterocycles. The molecule has 0 radical (unpaired) electrons. The van der Waals surface area contributed by atoms with Crippen LogP contribution in [0.15, 0.2) is 71.7 Å². The molecule has 0 saturated carbocycles.